The molecule has 0 aliphatic heterocycles. The van der Waals surface area contributed by atoms with Crippen LogP contribution in [0.4, 0.5) is 5.00 Å². The van der Waals surface area contributed by atoms with Gasteiger partial charge in [-0.3, -0.25) is 4.79 Å². The van der Waals surface area contributed by atoms with Crippen LogP contribution in [-0.4, -0.2) is 32.7 Å². The average Bonchev–Trinajstić information content (AvgIpc) is 3.08. The number of ether oxygens (including phenoxy) is 3. The first-order chi connectivity index (χ1) is 14.9. The highest BCUT2D eigenvalue weighted by Crippen LogP contribution is 2.43. The van der Waals surface area contributed by atoms with Gasteiger partial charge in [0.25, 0.3) is 5.91 Å². The average molecular weight is 440 g/mol. The second-order valence-corrected chi connectivity index (χ2v) is 8.08. The molecular formula is C24H25NO5S. The number of nitrogens with one attached hydrogen (secondary N) is 1. The molecule has 6 nitrogen and oxygen atoms in total. The van der Waals surface area contributed by atoms with Gasteiger partial charge in [-0.15, -0.1) is 11.3 Å². The van der Waals surface area contributed by atoms with Crippen LogP contribution in [0.3, 0.4) is 0 Å². The molecule has 7 heteroatoms. The standard InChI is InChI=1S/C24H25NO5S/c1-6-30-24(27)21-20(16-10-11-18(28-4)19(13-16)29-5)15(3)31-23(21)25-22(26)17-9-7-8-14(2)12-17/h7-13H,6H2,1-5H3,(H,25,26). The zero-order chi connectivity index (χ0) is 22.5. The maximum atomic E-state index is 12.9. The van der Waals surface area contributed by atoms with Crippen LogP contribution in [0, 0.1) is 13.8 Å². The first-order valence-electron chi connectivity index (χ1n) is 9.80. The van der Waals surface area contributed by atoms with Crippen LogP contribution in [0.25, 0.3) is 11.1 Å². The third-order valence-corrected chi connectivity index (χ3v) is 5.76. The Morgan fingerprint density at radius 2 is 1.74 bits per heavy atom. The summed E-state index contributed by atoms with van der Waals surface area (Å²) in [4.78, 5) is 26.6. The van der Waals surface area contributed by atoms with E-state index in [2.05, 4.69) is 5.32 Å². The fourth-order valence-electron chi connectivity index (χ4n) is 3.33. The molecule has 1 amide bonds. The summed E-state index contributed by atoms with van der Waals surface area (Å²) < 4.78 is 16.1. The van der Waals surface area contributed by atoms with Crippen LogP contribution < -0.4 is 14.8 Å². The molecule has 0 saturated carbocycles. The third kappa shape index (κ3) is 4.72. The lowest BCUT2D eigenvalue weighted by atomic mass is 10.0. The Morgan fingerprint density at radius 1 is 1.00 bits per heavy atom. The lowest BCUT2D eigenvalue weighted by Crippen LogP contribution is -2.15. The highest BCUT2D eigenvalue weighted by molar-refractivity contribution is 7.17. The molecule has 0 atom stereocenters. The summed E-state index contributed by atoms with van der Waals surface area (Å²) in [6.07, 6.45) is 0. The number of rotatable bonds is 7. The Kier molecular flexibility index (Phi) is 6.97. The summed E-state index contributed by atoms with van der Waals surface area (Å²) in [6.45, 7) is 5.80. The lowest BCUT2D eigenvalue weighted by Gasteiger charge is -2.12. The molecule has 3 rings (SSSR count). The summed E-state index contributed by atoms with van der Waals surface area (Å²) in [6, 6.07) is 12.7. The molecule has 31 heavy (non-hydrogen) atoms. The molecule has 0 fully saturated rings. The van der Waals surface area contributed by atoms with E-state index in [0.29, 0.717) is 33.2 Å². The van der Waals surface area contributed by atoms with Crippen molar-refractivity contribution in [1.82, 2.24) is 0 Å². The number of carbonyl (C=O) groups excluding carboxylic acids is 2. The number of hydrogen-bond acceptors (Lipinski definition) is 6. The zero-order valence-corrected chi connectivity index (χ0v) is 19.0. The predicted octanol–water partition coefficient (Wildman–Crippen LogP) is 5.48. The van der Waals surface area contributed by atoms with Crippen LogP contribution >= 0.6 is 11.3 Å². The van der Waals surface area contributed by atoms with Crippen LogP contribution in [0.1, 0.15) is 38.1 Å². The molecule has 1 heterocycles. The van der Waals surface area contributed by atoms with E-state index in [9.17, 15) is 9.59 Å². The lowest BCUT2D eigenvalue weighted by molar-refractivity contribution is 0.0529. The largest absolute Gasteiger partial charge is 0.493 e. The number of thiophene rings is 1. The van der Waals surface area contributed by atoms with Crippen molar-refractivity contribution in [1.29, 1.82) is 0 Å². The Labute approximate surface area is 185 Å². The van der Waals surface area contributed by atoms with Crippen LogP contribution in [0.2, 0.25) is 0 Å². The number of aryl methyl sites for hydroxylation is 2. The number of benzene rings is 2. The quantitative estimate of drug-likeness (QED) is 0.494. The zero-order valence-electron chi connectivity index (χ0n) is 18.2. The van der Waals surface area contributed by atoms with E-state index in [1.54, 1.807) is 39.3 Å². The van der Waals surface area contributed by atoms with E-state index >= 15 is 0 Å². The Morgan fingerprint density at radius 3 is 2.39 bits per heavy atom. The molecule has 2 aromatic carbocycles. The van der Waals surface area contributed by atoms with E-state index in [1.165, 1.54) is 11.3 Å². The predicted molar refractivity (Wildman–Crippen MR) is 123 cm³/mol. The summed E-state index contributed by atoms with van der Waals surface area (Å²) in [7, 11) is 3.12. The van der Waals surface area contributed by atoms with Crippen molar-refractivity contribution in [2.45, 2.75) is 20.8 Å². The van der Waals surface area contributed by atoms with Gasteiger partial charge in [-0.2, -0.15) is 0 Å². The van der Waals surface area contributed by atoms with Crippen molar-refractivity contribution < 1.29 is 23.8 Å². The van der Waals surface area contributed by atoms with Crippen molar-refractivity contribution in [3.63, 3.8) is 0 Å². The molecule has 3 aromatic rings. The Bertz CT molecular complexity index is 1120. The molecule has 0 unspecified atom stereocenters. The fraction of sp³-hybridized carbons (Fsp3) is 0.250. The molecule has 0 aliphatic rings. The van der Waals surface area contributed by atoms with Gasteiger partial charge in [0.1, 0.15) is 10.6 Å². The molecule has 0 aliphatic carbocycles. The van der Waals surface area contributed by atoms with Crippen molar-refractivity contribution in [2.24, 2.45) is 0 Å². The molecular weight excluding hydrogens is 414 g/mol. The maximum absolute atomic E-state index is 12.9. The minimum Gasteiger partial charge on any atom is -0.493 e. The van der Waals surface area contributed by atoms with Crippen LogP contribution in [0.15, 0.2) is 42.5 Å². The number of carbonyl (C=O) groups is 2. The highest BCUT2D eigenvalue weighted by atomic mass is 32.1. The molecule has 0 bridgehead atoms. The van der Waals surface area contributed by atoms with E-state index < -0.39 is 5.97 Å². The number of esters is 1. The Balaban J connectivity index is 2.09. The second kappa shape index (κ2) is 9.66. The van der Waals surface area contributed by atoms with Crippen LogP contribution in [0.5, 0.6) is 11.5 Å². The number of amides is 1. The van der Waals surface area contributed by atoms with Gasteiger partial charge < -0.3 is 19.5 Å². The smallest absolute Gasteiger partial charge is 0.341 e. The van der Waals surface area contributed by atoms with Crippen molar-refractivity contribution in [3.05, 3.63) is 64.0 Å². The number of anilines is 1. The van der Waals surface area contributed by atoms with Gasteiger partial charge in [-0.1, -0.05) is 23.8 Å². The van der Waals surface area contributed by atoms with Crippen molar-refractivity contribution in [2.75, 3.05) is 26.1 Å². The molecule has 162 valence electrons. The maximum Gasteiger partial charge on any atom is 0.341 e. The van der Waals surface area contributed by atoms with Gasteiger partial charge in [0.05, 0.1) is 20.8 Å². The summed E-state index contributed by atoms with van der Waals surface area (Å²) in [5.74, 6) is 0.362. The third-order valence-electron chi connectivity index (χ3n) is 4.74. The summed E-state index contributed by atoms with van der Waals surface area (Å²) >= 11 is 1.34. The number of hydrogen-bond donors (Lipinski definition) is 1. The first-order valence-corrected chi connectivity index (χ1v) is 10.6. The van der Waals surface area contributed by atoms with Gasteiger partial charge in [0.15, 0.2) is 11.5 Å². The summed E-state index contributed by atoms with van der Waals surface area (Å²) in [5, 5.41) is 3.35. The first kappa shape index (κ1) is 22.4. The van der Waals surface area contributed by atoms with Gasteiger partial charge in [-0.05, 0) is 50.6 Å². The minimum atomic E-state index is -0.490. The van der Waals surface area contributed by atoms with E-state index in [0.717, 1.165) is 16.0 Å². The van der Waals surface area contributed by atoms with E-state index in [-0.39, 0.29) is 12.5 Å². The Hall–Kier alpha value is -3.32. The molecule has 0 spiro atoms. The molecule has 1 aromatic heterocycles. The monoisotopic (exact) mass is 439 g/mol. The van der Waals surface area contributed by atoms with Gasteiger partial charge in [0.2, 0.25) is 0 Å². The normalized spacial score (nSPS) is 10.5. The van der Waals surface area contributed by atoms with Crippen LogP contribution in [-0.2, 0) is 4.74 Å². The van der Waals surface area contributed by atoms with E-state index in [1.807, 2.05) is 38.1 Å². The molecule has 0 radical (unpaired) electrons. The molecule has 1 N–H and O–H groups in total. The SMILES string of the molecule is CCOC(=O)c1c(NC(=O)c2cccc(C)c2)sc(C)c1-c1ccc(OC)c(OC)c1. The van der Waals surface area contributed by atoms with Crippen molar-refractivity contribution in [3.8, 4) is 22.6 Å². The fourth-order valence-corrected chi connectivity index (χ4v) is 4.39. The van der Waals surface area contributed by atoms with Gasteiger partial charge in [-0.25, -0.2) is 4.79 Å². The van der Waals surface area contributed by atoms with Crippen molar-refractivity contribution >= 4 is 28.2 Å². The summed E-state index contributed by atoms with van der Waals surface area (Å²) in [5.41, 5.74) is 3.30. The highest BCUT2D eigenvalue weighted by Gasteiger charge is 2.26. The number of methoxy groups -OCH3 is 2. The molecule has 0 saturated heterocycles. The van der Waals surface area contributed by atoms with Gasteiger partial charge >= 0.3 is 5.97 Å². The van der Waals surface area contributed by atoms with Gasteiger partial charge in [0, 0.05) is 16.0 Å². The topological polar surface area (TPSA) is 73.9 Å². The minimum absolute atomic E-state index is 0.227. The van der Waals surface area contributed by atoms with E-state index in [4.69, 9.17) is 14.2 Å². The second-order valence-electron chi connectivity index (χ2n) is 6.85.